The van der Waals surface area contributed by atoms with Crippen LogP contribution in [-0.2, 0) is 4.84 Å². The van der Waals surface area contributed by atoms with Crippen molar-refractivity contribution in [1.29, 1.82) is 0 Å². The van der Waals surface area contributed by atoms with Crippen molar-refractivity contribution < 1.29 is 4.84 Å². The van der Waals surface area contributed by atoms with Crippen molar-refractivity contribution in [2.45, 2.75) is 71.4 Å². The summed E-state index contributed by atoms with van der Waals surface area (Å²) in [7, 11) is 0. The van der Waals surface area contributed by atoms with Crippen molar-refractivity contribution in [3.05, 3.63) is 0 Å². The van der Waals surface area contributed by atoms with Crippen molar-refractivity contribution in [2.75, 3.05) is 0 Å². The van der Waals surface area contributed by atoms with Gasteiger partial charge in [-0.15, -0.1) is 0 Å². The van der Waals surface area contributed by atoms with Gasteiger partial charge in [-0.2, -0.15) is 5.48 Å². The van der Waals surface area contributed by atoms with Crippen molar-refractivity contribution in [3.63, 3.8) is 0 Å². The lowest BCUT2D eigenvalue weighted by Crippen LogP contribution is -2.39. The van der Waals surface area contributed by atoms with Crippen LogP contribution in [0.2, 0.25) is 0 Å². The summed E-state index contributed by atoms with van der Waals surface area (Å²) in [4.78, 5) is 5.61. The summed E-state index contributed by atoms with van der Waals surface area (Å²) in [6, 6.07) is 0.577. The second-order valence-corrected chi connectivity index (χ2v) is 5.47. The van der Waals surface area contributed by atoms with Gasteiger partial charge in [-0.1, -0.05) is 26.2 Å². The van der Waals surface area contributed by atoms with Crippen molar-refractivity contribution in [2.24, 2.45) is 5.92 Å². The smallest absolute Gasteiger partial charge is 0.0813 e. The first kappa shape index (κ1) is 12.0. The Bertz CT molecular complexity index is 162. The second-order valence-electron chi connectivity index (χ2n) is 5.47. The van der Waals surface area contributed by atoms with E-state index in [-0.39, 0.29) is 5.60 Å². The molecule has 0 spiro atoms. The van der Waals surface area contributed by atoms with Gasteiger partial charge in [0.2, 0.25) is 0 Å². The van der Waals surface area contributed by atoms with Gasteiger partial charge in [0.15, 0.2) is 0 Å². The molecular formula is C12H25NO. The van der Waals surface area contributed by atoms with Crippen LogP contribution in [0.15, 0.2) is 0 Å². The van der Waals surface area contributed by atoms with Gasteiger partial charge in [0, 0.05) is 6.04 Å². The Morgan fingerprint density at radius 2 is 2.00 bits per heavy atom. The minimum atomic E-state index is -0.0703. The summed E-state index contributed by atoms with van der Waals surface area (Å²) in [5.74, 6) is 0.907. The average molecular weight is 199 g/mol. The Balaban J connectivity index is 2.24. The highest BCUT2D eigenvalue weighted by molar-refractivity contribution is 4.75. The molecule has 0 aliphatic heterocycles. The lowest BCUT2D eigenvalue weighted by Gasteiger charge is -2.31. The van der Waals surface area contributed by atoms with Gasteiger partial charge in [-0.05, 0) is 39.5 Å². The predicted octanol–water partition coefficient (Wildman–Crippen LogP) is 3.27. The summed E-state index contributed by atoms with van der Waals surface area (Å²) in [6.07, 6.45) is 6.63. The van der Waals surface area contributed by atoms with Gasteiger partial charge < -0.3 is 0 Å². The zero-order valence-electron chi connectivity index (χ0n) is 10.1. The molecule has 14 heavy (non-hydrogen) atoms. The first-order valence-corrected chi connectivity index (χ1v) is 5.95. The largest absolute Gasteiger partial charge is 0.296 e. The molecule has 2 unspecified atom stereocenters. The van der Waals surface area contributed by atoms with Crippen LogP contribution >= 0.6 is 0 Å². The molecular weight excluding hydrogens is 174 g/mol. The zero-order chi connectivity index (χ0) is 10.6. The Morgan fingerprint density at radius 1 is 1.29 bits per heavy atom. The molecule has 2 atom stereocenters. The van der Waals surface area contributed by atoms with Crippen LogP contribution in [0.5, 0.6) is 0 Å². The summed E-state index contributed by atoms with van der Waals surface area (Å²) < 4.78 is 0. The molecule has 0 amide bonds. The maximum absolute atomic E-state index is 5.61. The van der Waals surface area contributed by atoms with Gasteiger partial charge in [0.1, 0.15) is 0 Å². The molecule has 1 aliphatic carbocycles. The molecule has 1 rings (SSSR count). The number of rotatable bonds is 3. The van der Waals surface area contributed by atoms with Crippen LogP contribution in [0, 0.1) is 5.92 Å². The Morgan fingerprint density at radius 3 is 2.57 bits per heavy atom. The molecule has 0 heterocycles. The van der Waals surface area contributed by atoms with E-state index in [4.69, 9.17) is 4.84 Å². The van der Waals surface area contributed by atoms with Crippen LogP contribution in [0.25, 0.3) is 0 Å². The van der Waals surface area contributed by atoms with E-state index >= 15 is 0 Å². The maximum atomic E-state index is 5.61. The van der Waals surface area contributed by atoms with Crippen LogP contribution in [0.4, 0.5) is 0 Å². The molecule has 2 nitrogen and oxygen atoms in total. The highest BCUT2D eigenvalue weighted by Crippen LogP contribution is 2.26. The van der Waals surface area contributed by atoms with E-state index in [0.717, 1.165) is 5.92 Å². The number of nitrogens with one attached hydrogen (secondary N) is 1. The molecule has 0 aromatic heterocycles. The lowest BCUT2D eigenvalue weighted by molar-refractivity contribution is -0.0952. The van der Waals surface area contributed by atoms with Crippen molar-refractivity contribution >= 4 is 0 Å². The minimum Gasteiger partial charge on any atom is -0.296 e. The van der Waals surface area contributed by atoms with Crippen LogP contribution in [-0.4, -0.2) is 11.6 Å². The van der Waals surface area contributed by atoms with Gasteiger partial charge in [-0.25, -0.2) is 0 Å². The van der Waals surface area contributed by atoms with E-state index in [1.165, 1.54) is 32.1 Å². The highest BCUT2D eigenvalue weighted by Gasteiger charge is 2.22. The molecule has 1 aliphatic rings. The molecule has 0 aromatic rings. The van der Waals surface area contributed by atoms with Gasteiger partial charge in [0.25, 0.3) is 0 Å². The van der Waals surface area contributed by atoms with E-state index in [1.54, 1.807) is 0 Å². The van der Waals surface area contributed by atoms with Gasteiger partial charge in [-0.3, -0.25) is 4.84 Å². The average Bonchev–Trinajstić information content (AvgIpc) is 2.14. The molecule has 1 saturated carbocycles. The third-order valence-electron chi connectivity index (χ3n) is 2.89. The molecule has 1 N–H and O–H groups in total. The van der Waals surface area contributed by atoms with Crippen LogP contribution < -0.4 is 5.48 Å². The number of hydrogen-bond acceptors (Lipinski definition) is 2. The topological polar surface area (TPSA) is 21.3 Å². The third kappa shape index (κ3) is 4.43. The van der Waals surface area contributed by atoms with Gasteiger partial charge >= 0.3 is 0 Å². The Hall–Kier alpha value is -0.0800. The zero-order valence-corrected chi connectivity index (χ0v) is 10.1. The van der Waals surface area contributed by atoms with E-state index in [9.17, 15) is 0 Å². The number of hydrogen-bond donors (Lipinski definition) is 1. The molecule has 0 saturated heterocycles. The number of hydroxylamine groups is 1. The summed E-state index contributed by atoms with van der Waals surface area (Å²) in [5, 5.41) is 0. The quantitative estimate of drug-likeness (QED) is 0.704. The van der Waals surface area contributed by atoms with Crippen molar-refractivity contribution in [1.82, 2.24) is 5.48 Å². The van der Waals surface area contributed by atoms with E-state index in [1.807, 2.05) is 0 Å². The Labute approximate surface area is 88.4 Å². The fraction of sp³-hybridized carbons (Fsp3) is 1.00. The molecule has 2 heteroatoms. The molecule has 0 radical (unpaired) electrons. The summed E-state index contributed by atoms with van der Waals surface area (Å²) in [5.41, 5.74) is 3.16. The first-order valence-electron chi connectivity index (χ1n) is 5.95. The van der Waals surface area contributed by atoms with E-state index in [2.05, 4.69) is 33.2 Å². The summed E-state index contributed by atoms with van der Waals surface area (Å²) in [6.45, 7) is 8.54. The van der Waals surface area contributed by atoms with Crippen LogP contribution in [0.1, 0.15) is 59.8 Å². The van der Waals surface area contributed by atoms with Crippen molar-refractivity contribution in [3.8, 4) is 0 Å². The maximum Gasteiger partial charge on any atom is 0.0813 e. The van der Waals surface area contributed by atoms with E-state index in [0.29, 0.717) is 6.04 Å². The standard InChI is InChI=1S/C12H25NO/c1-5-10-7-6-8-11(9-10)13-14-12(2,3)4/h10-11,13H,5-9H2,1-4H3. The minimum absolute atomic E-state index is 0.0703. The van der Waals surface area contributed by atoms with Gasteiger partial charge in [0.05, 0.1) is 5.60 Å². The molecule has 1 fully saturated rings. The summed E-state index contributed by atoms with van der Waals surface area (Å²) >= 11 is 0. The normalized spacial score (nSPS) is 29.1. The Kier molecular flexibility index (Phi) is 4.39. The van der Waals surface area contributed by atoms with Crippen LogP contribution in [0.3, 0.4) is 0 Å². The SMILES string of the molecule is CCC1CCCC(NOC(C)(C)C)C1. The highest BCUT2D eigenvalue weighted by atomic mass is 16.7. The third-order valence-corrected chi connectivity index (χ3v) is 2.89. The first-order chi connectivity index (χ1) is 6.51. The molecule has 84 valence electrons. The monoisotopic (exact) mass is 199 g/mol. The lowest BCUT2D eigenvalue weighted by atomic mass is 9.84. The molecule has 0 bridgehead atoms. The second kappa shape index (κ2) is 5.13. The fourth-order valence-electron chi connectivity index (χ4n) is 2.03. The molecule has 0 aromatic carbocycles. The fourth-order valence-corrected chi connectivity index (χ4v) is 2.03. The predicted molar refractivity (Wildman–Crippen MR) is 60.0 cm³/mol. The van der Waals surface area contributed by atoms with E-state index < -0.39 is 0 Å².